The normalized spacial score (nSPS) is 14.5. The maximum atomic E-state index is 6.45. The van der Waals surface area contributed by atoms with Crippen LogP contribution in [0.4, 0.5) is 0 Å². The molecular formula is C27H20N6O2. The first-order valence-corrected chi connectivity index (χ1v) is 11.4. The second-order valence-corrected chi connectivity index (χ2v) is 8.64. The summed E-state index contributed by atoms with van der Waals surface area (Å²) in [6.45, 7) is 4.10. The lowest BCUT2D eigenvalue weighted by atomic mass is 9.84. The van der Waals surface area contributed by atoms with Crippen molar-refractivity contribution >= 4 is 5.65 Å². The van der Waals surface area contributed by atoms with Crippen LogP contribution in [0.1, 0.15) is 33.9 Å². The average molecular weight is 460 g/mol. The summed E-state index contributed by atoms with van der Waals surface area (Å²) < 4.78 is 15.5. The Hall–Kier alpha value is -4.72. The molecule has 6 aromatic rings. The monoisotopic (exact) mass is 460 g/mol. The lowest BCUT2D eigenvalue weighted by Gasteiger charge is -2.26. The molecule has 5 heterocycles. The summed E-state index contributed by atoms with van der Waals surface area (Å²) in [7, 11) is 0. The van der Waals surface area contributed by atoms with Gasteiger partial charge in [0.2, 0.25) is 17.6 Å². The van der Waals surface area contributed by atoms with Crippen LogP contribution in [0.2, 0.25) is 0 Å². The molecule has 0 unspecified atom stereocenters. The van der Waals surface area contributed by atoms with E-state index in [9.17, 15) is 0 Å². The number of aromatic nitrogens is 6. The Kier molecular flexibility index (Phi) is 4.17. The first-order valence-electron chi connectivity index (χ1n) is 11.4. The molecule has 0 saturated heterocycles. The van der Waals surface area contributed by atoms with Crippen molar-refractivity contribution in [2.45, 2.75) is 19.8 Å². The summed E-state index contributed by atoms with van der Waals surface area (Å²) in [6, 6.07) is 22.2. The van der Waals surface area contributed by atoms with E-state index in [1.54, 1.807) is 17.1 Å². The van der Waals surface area contributed by atoms with Gasteiger partial charge in [-0.05, 0) is 43.7 Å². The molecule has 1 aliphatic heterocycles. The number of aryl methyl sites for hydroxylation is 2. The van der Waals surface area contributed by atoms with Gasteiger partial charge < -0.3 is 9.15 Å². The van der Waals surface area contributed by atoms with E-state index in [4.69, 9.17) is 19.2 Å². The average Bonchev–Trinajstić information content (AvgIpc) is 3.63. The van der Waals surface area contributed by atoms with Crippen molar-refractivity contribution in [1.29, 1.82) is 0 Å². The molecule has 0 spiro atoms. The van der Waals surface area contributed by atoms with Crippen molar-refractivity contribution in [1.82, 2.24) is 29.4 Å². The summed E-state index contributed by atoms with van der Waals surface area (Å²) in [4.78, 5) is 9.49. The van der Waals surface area contributed by atoms with Crippen molar-refractivity contribution in [2.24, 2.45) is 0 Å². The minimum atomic E-state index is -0.184. The molecule has 4 aromatic heterocycles. The van der Waals surface area contributed by atoms with Crippen LogP contribution in [0.15, 0.2) is 83.7 Å². The molecule has 8 nitrogen and oxygen atoms in total. The third kappa shape index (κ3) is 3.00. The molecule has 0 fully saturated rings. The maximum absolute atomic E-state index is 6.45. The fourth-order valence-electron chi connectivity index (χ4n) is 4.72. The Morgan fingerprint density at radius 2 is 1.69 bits per heavy atom. The zero-order valence-electron chi connectivity index (χ0n) is 19.1. The van der Waals surface area contributed by atoms with E-state index in [1.807, 2.05) is 54.1 Å². The molecule has 0 bridgehead atoms. The summed E-state index contributed by atoms with van der Waals surface area (Å²) in [6.07, 6.45) is 3.24. The third-order valence-electron chi connectivity index (χ3n) is 6.37. The van der Waals surface area contributed by atoms with Gasteiger partial charge in [0.1, 0.15) is 6.33 Å². The first kappa shape index (κ1) is 19.7. The fourth-order valence-corrected chi connectivity index (χ4v) is 4.72. The molecule has 1 atom stereocenters. The van der Waals surface area contributed by atoms with E-state index in [1.165, 1.54) is 5.56 Å². The Morgan fingerprint density at radius 3 is 2.46 bits per heavy atom. The number of furan rings is 1. The molecule has 8 heteroatoms. The zero-order valence-corrected chi connectivity index (χ0v) is 19.1. The SMILES string of the molecule is Cc1ccc([C@H]2c3c(C)nn(-c4ccccc4)c3Oc3ncn4nc(-c5ccco5)nc4c32)cc1. The zero-order chi connectivity index (χ0) is 23.5. The molecule has 0 saturated carbocycles. The van der Waals surface area contributed by atoms with Gasteiger partial charge in [0.15, 0.2) is 11.4 Å². The van der Waals surface area contributed by atoms with Crippen LogP contribution in [-0.2, 0) is 0 Å². The van der Waals surface area contributed by atoms with Crippen LogP contribution in [-0.4, -0.2) is 29.4 Å². The number of fused-ring (bicyclic) bond motifs is 4. The molecule has 170 valence electrons. The Labute approximate surface area is 200 Å². The van der Waals surface area contributed by atoms with Crippen LogP contribution in [0.5, 0.6) is 11.8 Å². The number of hydrogen-bond donors (Lipinski definition) is 0. The highest BCUT2D eigenvalue weighted by atomic mass is 16.5. The van der Waals surface area contributed by atoms with E-state index < -0.39 is 0 Å². The van der Waals surface area contributed by atoms with Gasteiger partial charge in [-0.1, -0.05) is 48.0 Å². The summed E-state index contributed by atoms with van der Waals surface area (Å²) >= 11 is 0. The van der Waals surface area contributed by atoms with Crippen molar-refractivity contribution in [3.8, 4) is 29.0 Å². The number of ether oxygens (including phenoxy) is 1. The molecular weight excluding hydrogens is 440 g/mol. The summed E-state index contributed by atoms with van der Waals surface area (Å²) in [5.41, 5.74) is 6.61. The molecule has 0 radical (unpaired) electrons. The lowest BCUT2D eigenvalue weighted by molar-refractivity contribution is 0.402. The number of nitrogens with zero attached hydrogens (tertiary/aromatic N) is 6. The molecule has 2 aromatic carbocycles. The molecule has 0 aliphatic carbocycles. The summed E-state index contributed by atoms with van der Waals surface area (Å²) in [5, 5.41) is 9.48. The first-order chi connectivity index (χ1) is 17.2. The maximum Gasteiger partial charge on any atom is 0.230 e. The van der Waals surface area contributed by atoms with Crippen molar-refractivity contribution in [3.63, 3.8) is 0 Å². The Morgan fingerprint density at radius 1 is 0.857 bits per heavy atom. The van der Waals surface area contributed by atoms with Crippen LogP contribution < -0.4 is 4.74 Å². The van der Waals surface area contributed by atoms with Gasteiger partial charge in [-0.2, -0.15) is 5.10 Å². The van der Waals surface area contributed by atoms with Gasteiger partial charge in [0, 0.05) is 0 Å². The number of para-hydroxylation sites is 1. The predicted octanol–water partition coefficient (Wildman–Crippen LogP) is 5.47. The second-order valence-electron chi connectivity index (χ2n) is 8.64. The number of benzene rings is 2. The highest BCUT2D eigenvalue weighted by Gasteiger charge is 2.38. The van der Waals surface area contributed by atoms with Gasteiger partial charge >= 0.3 is 0 Å². The van der Waals surface area contributed by atoms with Crippen molar-refractivity contribution < 1.29 is 9.15 Å². The van der Waals surface area contributed by atoms with Crippen molar-refractivity contribution in [3.05, 3.63) is 107 Å². The largest absolute Gasteiger partial charge is 0.461 e. The number of rotatable bonds is 3. The lowest BCUT2D eigenvalue weighted by Crippen LogP contribution is -2.16. The molecule has 0 N–H and O–H groups in total. The van der Waals surface area contributed by atoms with E-state index in [2.05, 4.69) is 41.3 Å². The highest BCUT2D eigenvalue weighted by molar-refractivity contribution is 5.68. The van der Waals surface area contributed by atoms with E-state index in [0.717, 1.165) is 28.1 Å². The van der Waals surface area contributed by atoms with Crippen LogP contribution in [0.25, 0.3) is 22.9 Å². The van der Waals surface area contributed by atoms with E-state index >= 15 is 0 Å². The molecule has 7 rings (SSSR count). The highest BCUT2D eigenvalue weighted by Crippen LogP contribution is 2.49. The van der Waals surface area contributed by atoms with Gasteiger partial charge in [-0.25, -0.2) is 19.2 Å². The second kappa shape index (κ2) is 7.39. The quantitative estimate of drug-likeness (QED) is 0.348. The van der Waals surface area contributed by atoms with Crippen LogP contribution in [0.3, 0.4) is 0 Å². The van der Waals surface area contributed by atoms with Crippen LogP contribution in [0, 0.1) is 13.8 Å². The minimum Gasteiger partial charge on any atom is -0.461 e. The molecule has 1 aliphatic rings. The van der Waals surface area contributed by atoms with E-state index in [-0.39, 0.29) is 5.92 Å². The van der Waals surface area contributed by atoms with Gasteiger partial charge in [-0.15, -0.1) is 5.10 Å². The standard InChI is InChI=1S/C27H20N6O2/c1-16-10-12-18(13-11-16)22-21-17(2)30-33(19-7-4-3-5-8-19)27(21)35-26-23(22)25-29-24(20-9-6-14-34-20)31-32(25)15-28-26/h3-15,22H,1-2H3/t22-/m0/s1. The molecule has 0 amide bonds. The predicted molar refractivity (Wildman–Crippen MR) is 129 cm³/mol. The Bertz CT molecular complexity index is 1680. The van der Waals surface area contributed by atoms with Crippen LogP contribution >= 0.6 is 0 Å². The van der Waals surface area contributed by atoms with Gasteiger partial charge in [0.25, 0.3) is 0 Å². The van der Waals surface area contributed by atoms with Gasteiger partial charge in [0.05, 0.1) is 34.7 Å². The van der Waals surface area contributed by atoms with Gasteiger partial charge in [-0.3, -0.25) is 0 Å². The van der Waals surface area contributed by atoms with E-state index in [0.29, 0.717) is 29.0 Å². The molecule has 35 heavy (non-hydrogen) atoms. The topological polar surface area (TPSA) is 83.3 Å². The minimum absolute atomic E-state index is 0.184. The smallest absolute Gasteiger partial charge is 0.230 e. The Balaban J connectivity index is 1.51. The summed E-state index contributed by atoms with van der Waals surface area (Å²) in [5.74, 6) is 2.06. The van der Waals surface area contributed by atoms with Crippen molar-refractivity contribution in [2.75, 3.05) is 0 Å². The fraction of sp³-hybridized carbons (Fsp3) is 0.111. The third-order valence-corrected chi connectivity index (χ3v) is 6.37. The number of hydrogen-bond acceptors (Lipinski definition) is 6.